The van der Waals surface area contributed by atoms with Crippen LogP contribution < -0.4 is 10.1 Å². The Morgan fingerprint density at radius 2 is 2.00 bits per heavy atom. The highest BCUT2D eigenvalue weighted by atomic mass is 32.2. The maximum Gasteiger partial charge on any atom is 0.344 e. The lowest BCUT2D eigenvalue weighted by Crippen LogP contribution is -2.22. The molecule has 138 valence electrons. The first-order valence-electron chi connectivity index (χ1n) is 7.99. The van der Waals surface area contributed by atoms with E-state index < -0.39 is 12.1 Å². The SMILES string of the molecule is CC(Oc1cccc(/C=C2\SC(=Nc3ccc(O)cc3)NC2=O)c1)C(=O)O. The molecule has 0 spiro atoms. The Morgan fingerprint density at radius 3 is 2.70 bits per heavy atom. The third-order valence-electron chi connectivity index (χ3n) is 3.55. The van der Waals surface area contributed by atoms with Gasteiger partial charge in [0, 0.05) is 0 Å². The Morgan fingerprint density at radius 1 is 1.26 bits per heavy atom. The Bertz CT molecular complexity index is 937. The summed E-state index contributed by atoms with van der Waals surface area (Å²) < 4.78 is 5.34. The number of aliphatic carboxylic acids is 1. The van der Waals surface area contributed by atoms with Gasteiger partial charge in [0.05, 0.1) is 10.6 Å². The number of aromatic hydroxyl groups is 1. The molecule has 0 bridgehead atoms. The number of aliphatic imine (C=N–C) groups is 1. The Balaban J connectivity index is 1.76. The third kappa shape index (κ3) is 4.89. The first kappa shape index (κ1) is 18.5. The summed E-state index contributed by atoms with van der Waals surface area (Å²) in [5.74, 6) is -0.787. The van der Waals surface area contributed by atoms with E-state index in [1.165, 1.54) is 30.8 Å². The Kier molecular flexibility index (Phi) is 5.46. The molecule has 2 aromatic rings. The monoisotopic (exact) mass is 384 g/mol. The molecule has 1 amide bonds. The largest absolute Gasteiger partial charge is 0.508 e. The molecule has 27 heavy (non-hydrogen) atoms. The van der Waals surface area contributed by atoms with Gasteiger partial charge in [0.25, 0.3) is 5.91 Å². The van der Waals surface area contributed by atoms with Gasteiger partial charge in [0.15, 0.2) is 11.3 Å². The average molecular weight is 384 g/mol. The molecule has 1 saturated heterocycles. The number of carbonyl (C=O) groups excluding carboxylic acids is 1. The number of phenols is 1. The summed E-state index contributed by atoms with van der Waals surface area (Å²) in [6.07, 6.45) is 0.707. The Labute approximate surface area is 159 Å². The predicted octanol–water partition coefficient (Wildman–Crippen LogP) is 3.14. The third-order valence-corrected chi connectivity index (χ3v) is 4.46. The molecule has 2 aromatic carbocycles. The van der Waals surface area contributed by atoms with Crippen LogP contribution >= 0.6 is 11.8 Å². The minimum absolute atomic E-state index is 0.141. The molecule has 8 heteroatoms. The van der Waals surface area contributed by atoms with E-state index in [-0.39, 0.29) is 11.7 Å². The highest BCUT2D eigenvalue weighted by molar-refractivity contribution is 8.18. The molecule has 0 radical (unpaired) electrons. The van der Waals surface area contributed by atoms with Gasteiger partial charge in [-0.2, -0.15) is 0 Å². The van der Waals surface area contributed by atoms with E-state index in [0.29, 0.717) is 27.1 Å². The number of amidine groups is 1. The first-order chi connectivity index (χ1) is 12.9. The number of phenolic OH excluding ortho intramolecular Hbond substituents is 1. The summed E-state index contributed by atoms with van der Waals surface area (Å²) in [5.41, 5.74) is 1.31. The second kappa shape index (κ2) is 7.96. The van der Waals surface area contributed by atoms with Gasteiger partial charge in [-0.25, -0.2) is 9.79 Å². The highest BCUT2D eigenvalue weighted by Gasteiger charge is 2.24. The van der Waals surface area contributed by atoms with Crippen molar-refractivity contribution in [2.75, 3.05) is 0 Å². The molecule has 0 saturated carbocycles. The number of carboxylic acid groups (broad SMARTS) is 1. The number of nitrogens with zero attached hydrogens (tertiary/aromatic N) is 1. The smallest absolute Gasteiger partial charge is 0.344 e. The van der Waals surface area contributed by atoms with Crippen molar-refractivity contribution in [3.8, 4) is 11.5 Å². The van der Waals surface area contributed by atoms with Crippen molar-refractivity contribution in [2.45, 2.75) is 13.0 Å². The van der Waals surface area contributed by atoms with Crippen molar-refractivity contribution in [3.05, 3.63) is 59.0 Å². The standard InChI is InChI=1S/C19H16N2O5S/c1-11(18(24)25)26-15-4-2-3-12(9-15)10-16-17(23)21-19(27-16)20-13-5-7-14(22)8-6-13/h2-11,22H,1H3,(H,24,25)(H,20,21,23)/b16-10-. The lowest BCUT2D eigenvalue weighted by Gasteiger charge is -2.10. The number of hydrogen-bond acceptors (Lipinski definition) is 6. The summed E-state index contributed by atoms with van der Waals surface area (Å²) in [7, 11) is 0. The number of rotatable bonds is 5. The van der Waals surface area contributed by atoms with Crippen molar-refractivity contribution >= 4 is 40.6 Å². The number of ether oxygens (including phenoxy) is 1. The summed E-state index contributed by atoms with van der Waals surface area (Å²) in [6, 6.07) is 13.1. The van der Waals surface area contributed by atoms with Crippen molar-refractivity contribution < 1.29 is 24.5 Å². The number of amides is 1. The van der Waals surface area contributed by atoms with Gasteiger partial charge < -0.3 is 20.3 Å². The molecule has 1 aliphatic heterocycles. The van der Waals surface area contributed by atoms with Gasteiger partial charge in [-0.05, 0) is 66.7 Å². The summed E-state index contributed by atoms with van der Waals surface area (Å²) in [6.45, 7) is 1.44. The van der Waals surface area contributed by atoms with E-state index in [0.717, 1.165) is 0 Å². The van der Waals surface area contributed by atoms with Crippen LogP contribution in [0.1, 0.15) is 12.5 Å². The molecule has 0 aliphatic carbocycles. The quantitative estimate of drug-likeness (QED) is 0.684. The van der Waals surface area contributed by atoms with Crippen LogP contribution in [-0.2, 0) is 9.59 Å². The molecule has 1 fully saturated rings. The lowest BCUT2D eigenvalue weighted by molar-refractivity contribution is -0.144. The summed E-state index contributed by atoms with van der Waals surface area (Å²) in [5, 5.41) is 21.3. The summed E-state index contributed by atoms with van der Waals surface area (Å²) in [4.78, 5) is 27.8. The van der Waals surface area contributed by atoms with Gasteiger partial charge in [0.2, 0.25) is 0 Å². The fraction of sp³-hybridized carbons (Fsp3) is 0.105. The van der Waals surface area contributed by atoms with Gasteiger partial charge in [-0.3, -0.25) is 4.79 Å². The van der Waals surface area contributed by atoms with Crippen molar-refractivity contribution in [1.82, 2.24) is 5.32 Å². The highest BCUT2D eigenvalue weighted by Crippen LogP contribution is 2.29. The van der Waals surface area contributed by atoms with E-state index in [1.807, 2.05) is 0 Å². The van der Waals surface area contributed by atoms with E-state index in [1.54, 1.807) is 42.5 Å². The van der Waals surface area contributed by atoms with Gasteiger partial charge in [0.1, 0.15) is 11.5 Å². The van der Waals surface area contributed by atoms with Gasteiger partial charge >= 0.3 is 5.97 Å². The van der Waals surface area contributed by atoms with Crippen LogP contribution in [0.3, 0.4) is 0 Å². The number of carbonyl (C=O) groups is 2. The molecule has 3 N–H and O–H groups in total. The molecule has 3 rings (SSSR count). The predicted molar refractivity (Wildman–Crippen MR) is 103 cm³/mol. The molecular formula is C19H16N2O5S. The summed E-state index contributed by atoms with van der Waals surface area (Å²) >= 11 is 1.19. The topological polar surface area (TPSA) is 108 Å². The number of hydrogen-bond donors (Lipinski definition) is 3. The minimum Gasteiger partial charge on any atom is -0.508 e. The molecule has 1 heterocycles. The zero-order valence-electron chi connectivity index (χ0n) is 14.2. The maximum atomic E-state index is 12.2. The molecule has 7 nitrogen and oxygen atoms in total. The number of carboxylic acids is 1. The van der Waals surface area contributed by atoms with Crippen LogP contribution in [0.15, 0.2) is 58.4 Å². The zero-order chi connectivity index (χ0) is 19.4. The van der Waals surface area contributed by atoms with Crippen molar-refractivity contribution in [3.63, 3.8) is 0 Å². The fourth-order valence-electron chi connectivity index (χ4n) is 2.21. The lowest BCUT2D eigenvalue weighted by atomic mass is 10.2. The molecule has 1 atom stereocenters. The van der Waals surface area contributed by atoms with Crippen LogP contribution in [-0.4, -0.2) is 33.4 Å². The van der Waals surface area contributed by atoms with Crippen molar-refractivity contribution in [1.29, 1.82) is 0 Å². The molecular weight excluding hydrogens is 368 g/mol. The molecule has 1 aliphatic rings. The maximum absolute atomic E-state index is 12.2. The molecule has 1 unspecified atom stereocenters. The van der Waals surface area contributed by atoms with Gasteiger partial charge in [-0.1, -0.05) is 12.1 Å². The van der Waals surface area contributed by atoms with Crippen LogP contribution in [0.5, 0.6) is 11.5 Å². The van der Waals surface area contributed by atoms with Crippen LogP contribution in [0.25, 0.3) is 6.08 Å². The van der Waals surface area contributed by atoms with Crippen molar-refractivity contribution in [2.24, 2.45) is 4.99 Å². The normalized spacial score (nSPS) is 17.7. The Hall–Kier alpha value is -3.26. The first-order valence-corrected chi connectivity index (χ1v) is 8.80. The van der Waals surface area contributed by atoms with E-state index in [2.05, 4.69) is 10.3 Å². The number of benzene rings is 2. The van der Waals surface area contributed by atoms with Crippen LogP contribution in [0.2, 0.25) is 0 Å². The van der Waals surface area contributed by atoms with Gasteiger partial charge in [-0.15, -0.1) is 0 Å². The fourth-order valence-corrected chi connectivity index (χ4v) is 3.05. The second-order valence-corrected chi connectivity index (χ2v) is 6.70. The van der Waals surface area contributed by atoms with E-state index in [9.17, 15) is 14.7 Å². The molecule has 0 aromatic heterocycles. The van der Waals surface area contributed by atoms with Crippen LogP contribution in [0.4, 0.5) is 5.69 Å². The zero-order valence-corrected chi connectivity index (χ0v) is 15.1. The minimum atomic E-state index is -1.06. The number of nitrogens with one attached hydrogen (secondary N) is 1. The van der Waals surface area contributed by atoms with Crippen LogP contribution in [0, 0.1) is 0 Å². The number of thioether (sulfide) groups is 1. The average Bonchev–Trinajstić information content (AvgIpc) is 2.96. The second-order valence-electron chi connectivity index (χ2n) is 5.67. The van der Waals surface area contributed by atoms with E-state index in [4.69, 9.17) is 9.84 Å². The van der Waals surface area contributed by atoms with E-state index >= 15 is 0 Å².